The zero-order chi connectivity index (χ0) is 29.4. The molecule has 214 valence electrons. The van der Waals surface area contributed by atoms with Crippen molar-refractivity contribution in [2.24, 2.45) is 0 Å². The first-order chi connectivity index (χ1) is 18.9. The second-order valence-electron chi connectivity index (χ2n) is 9.87. The number of aryl methyl sites for hydroxylation is 1. The average molecular weight is 605 g/mol. The predicted octanol–water partition coefficient (Wildman–Crippen LogP) is 5.48. The summed E-state index contributed by atoms with van der Waals surface area (Å²) >= 11 is 12.4. The van der Waals surface area contributed by atoms with Crippen molar-refractivity contribution >= 4 is 45.0 Å². The summed E-state index contributed by atoms with van der Waals surface area (Å²) in [5, 5.41) is 3.67. The van der Waals surface area contributed by atoms with E-state index in [0.29, 0.717) is 22.0 Å². The lowest BCUT2D eigenvalue weighted by atomic mass is 10.0. The fraction of sp³-hybridized carbons (Fsp3) is 0.333. The molecule has 0 radical (unpaired) electrons. The van der Waals surface area contributed by atoms with Crippen LogP contribution in [0.2, 0.25) is 10.0 Å². The van der Waals surface area contributed by atoms with Crippen molar-refractivity contribution in [1.82, 2.24) is 14.5 Å². The number of halogens is 2. The summed E-state index contributed by atoms with van der Waals surface area (Å²) in [5.74, 6) is -0.847. The quantitative estimate of drug-likeness (QED) is 0.297. The van der Waals surface area contributed by atoms with Gasteiger partial charge in [0.2, 0.25) is 21.8 Å². The molecule has 7 nitrogen and oxygen atoms in total. The molecular formula is C30H35Cl2N3O4S. The molecule has 0 bridgehead atoms. The lowest BCUT2D eigenvalue weighted by Crippen LogP contribution is -2.54. The Kier molecular flexibility index (Phi) is 11.2. The Morgan fingerprint density at radius 3 is 2.17 bits per heavy atom. The molecule has 0 saturated carbocycles. The third-order valence-corrected chi connectivity index (χ3v) is 9.25. The Hall–Kier alpha value is -2.91. The van der Waals surface area contributed by atoms with Crippen LogP contribution in [0.15, 0.2) is 77.7 Å². The van der Waals surface area contributed by atoms with Crippen LogP contribution in [0.1, 0.15) is 37.0 Å². The fourth-order valence-corrected chi connectivity index (χ4v) is 5.53. The van der Waals surface area contributed by atoms with Crippen LogP contribution in [0.3, 0.4) is 0 Å². The summed E-state index contributed by atoms with van der Waals surface area (Å²) in [4.78, 5) is 29.0. The van der Waals surface area contributed by atoms with Crippen LogP contribution in [0.25, 0.3) is 0 Å². The Bertz CT molecular complexity index is 1420. The van der Waals surface area contributed by atoms with E-state index in [1.807, 2.05) is 51.1 Å². The number of carbonyl (C=O) groups is 2. The second kappa shape index (κ2) is 14.1. The number of carbonyl (C=O) groups excluding carboxylic acids is 2. The predicted molar refractivity (Wildman–Crippen MR) is 160 cm³/mol. The number of amides is 2. The first-order valence-electron chi connectivity index (χ1n) is 13.0. The van der Waals surface area contributed by atoms with Crippen molar-refractivity contribution < 1.29 is 18.0 Å². The Morgan fingerprint density at radius 1 is 0.925 bits per heavy atom. The maximum atomic E-state index is 13.9. The molecule has 1 N–H and O–H groups in total. The first-order valence-corrected chi connectivity index (χ1v) is 15.2. The van der Waals surface area contributed by atoms with Crippen LogP contribution in [0, 0.1) is 6.92 Å². The van der Waals surface area contributed by atoms with Gasteiger partial charge in [-0.3, -0.25) is 9.59 Å². The molecule has 0 aliphatic rings. The highest BCUT2D eigenvalue weighted by Gasteiger charge is 2.33. The van der Waals surface area contributed by atoms with Gasteiger partial charge in [0, 0.05) is 26.1 Å². The van der Waals surface area contributed by atoms with E-state index in [9.17, 15) is 18.0 Å². The molecule has 0 saturated heterocycles. The lowest BCUT2D eigenvalue weighted by molar-refractivity contribution is -0.141. The number of nitrogens with one attached hydrogen (secondary N) is 1. The van der Waals surface area contributed by atoms with Gasteiger partial charge in [0.1, 0.15) is 6.04 Å². The zero-order valence-electron chi connectivity index (χ0n) is 23.1. The molecule has 0 aliphatic heterocycles. The molecule has 0 aromatic heterocycles. The van der Waals surface area contributed by atoms with Gasteiger partial charge >= 0.3 is 0 Å². The minimum absolute atomic E-state index is 0.0273. The van der Waals surface area contributed by atoms with E-state index >= 15 is 0 Å². The van der Waals surface area contributed by atoms with E-state index in [1.54, 1.807) is 30.3 Å². The van der Waals surface area contributed by atoms with Crippen molar-refractivity contribution in [3.05, 3.63) is 99.5 Å². The van der Waals surface area contributed by atoms with Crippen molar-refractivity contribution in [3.63, 3.8) is 0 Å². The van der Waals surface area contributed by atoms with Crippen molar-refractivity contribution in [3.8, 4) is 0 Å². The summed E-state index contributed by atoms with van der Waals surface area (Å²) in [6.07, 6.45) is 0.951. The summed E-state index contributed by atoms with van der Waals surface area (Å²) in [7, 11) is -2.59. The second-order valence-corrected chi connectivity index (χ2v) is 12.7. The van der Waals surface area contributed by atoms with E-state index in [1.165, 1.54) is 24.1 Å². The molecule has 3 aromatic rings. The molecule has 0 aliphatic carbocycles. The van der Waals surface area contributed by atoms with E-state index in [4.69, 9.17) is 23.2 Å². The standard InChI is InChI=1S/C30H35Cl2N3O4S/c1-5-22(3)33-30(37)28(18-23-9-7-6-8-10-23)35(19-24-13-16-26(31)27(32)17-24)29(36)20-34(4)40(38,39)25-14-11-21(2)12-15-25/h6-17,22,28H,5,18-20H2,1-4H3,(H,33,37)/t22-,28+/m0/s1. The number of rotatable bonds is 12. The number of hydrogen-bond acceptors (Lipinski definition) is 4. The average Bonchev–Trinajstić information content (AvgIpc) is 2.93. The zero-order valence-corrected chi connectivity index (χ0v) is 25.4. The normalized spacial score (nSPS) is 13.1. The van der Waals surface area contributed by atoms with Crippen LogP contribution in [0.4, 0.5) is 0 Å². The topological polar surface area (TPSA) is 86.8 Å². The molecule has 0 heterocycles. The Balaban J connectivity index is 2.00. The van der Waals surface area contributed by atoms with Crippen molar-refractivity contribution in [1.29, 1.82) is 0 Å². The van der Waals surface area contributed by atoms with Gasteiger partial charge in [-0.2, -0.15) is 4.31 Å². The molecule has 40 heavy (non-hydrogen) atoms. The highest BCUT2D eigenvalue weighted by molar-refractivity contribution is 7.89. The summed E-state index contributed by atoms with van der Waals surface area (Å²) < 4.78 is 27.5. The van der Waals surface area contributed by atoms with Crippen molar-refractivity contribution in [2.45, 2.75) is 57.1 Å². The van der Waals surface area contributed by atoms with E-state index < -0.39 is 28.5 Å². The molecule has 3 aromatic carbocycles. The van der Waals surface area contributed by atoms with Crippen LogP contribution < -0.4 is 5.32 Å². The minimum Gasteiger partial charge on any atom is -0.352 e. The SMILES string of the molecule is CC[C@H](C)NC(=O)[C@@H](Cc1ccccc1)N(Cc1ccc(Cl)c(Cl)c1)C(=O)CN(C)S(=O)(=O)c1ccc(C)cc1. The Labute approximate surface area is 247 Å². The number of benzene rings is 3. The minimum atomic E-state index is -3.95. The lowest BCUT2D eigenvalue weighted by Gasteiger charge is -2.33. The number of nitrogens with zero attached hydrogens (tertiary/aromatic N) is 2. The van der Waals surface area contributed by atoms with Gasteiger partial charge in [0.05, 0.1) is 21.5 Å². The molecule has 3 rings (SSSR count). The number of likely N-dealkylation sites (N-methyl/N-ethyl adjacent to an activating group) is 1. The van der Waals surface area contributed by atoms with Crippen molar-refractivity contribution in [2.75, 3.05) is 13.6 Å². The van der Waals surface area contributed by atoms with Crippen LogP contribution in [-0.4, -0.2) is 55.1 Å². The van der Waals surface area contributed by atoms with Gasteiger partial charge in [-0.1, -0.05) is 84.2 Å². The van der Waals surface area contributed by atoms with Gasteiger partial charge in [0.25, 0.3) is 0 Å². The van der Waals surface area contributed by atoms with Crippen LogP contribution in [-0.2, 0) is 32.6 Å². The largest absolute Gasteiger partial charge is 0.352 e. The van der Waals surface area contributed by atoms with Crippen LogP contribution in [0.5, 0.6) is 0 Å². The van der Waals surface area contributed by atoms with Gasteiger partial charge in [-0.25, -0.2) is 8.42 Å². The Morgan fingerprint density at radius 2 is 1.57 bits per heavy atom. The third-order valence-electron chi connectivity index (χ3n) is 6.70. The fourth-order valence-electron chi connectivity index (χ4n) is 4.09. The van der Waals surface area contributed by atoms with E-state index in [0.717, 1.165) is 15.4 Å². The maximum Gasteiger partial charge on any atom is 0.243 e. The van der Waals surface area contributed by atoms with Gasteiger partial charge in [-0.05, 0) is 55.7 Å². The van der Waals surface area contributed by atoms with Crippen LogP contribution >= 0.6 is 23.2 Å². The highest BCUT2D eigenvalue weighted by Crippen LogP contribution is 2.25. The molecule has 2 atom stereocenters. The summed E-state index contributed by atoms with van der Waals surface area (Å²) in [6, 6.07) is 19.8. The van der Waals surface area contributed by atoms with Gasteiger partial charge in [-0.15, -0.1) is 0 Å². The smallest absolute Gasteiger partial charge is 0.243 e. The number of sulfonamides is 1. The van der Waals surface area contributed by atoms with E-state index in [-0.39, 0.29) is 29.8 Å². The molecular weight excluding hydrogens is 569 g/mol. The molecule has 0 fully saturated rings. The van der Waals surface area contributed by atoms with Gasteiger partial charge < -0.3 is 10.2 Å². The third kappa shape index (κ3) is 8.30. The summed E-state index contributed by atoms with van der Waals surface area (Å²) in [6.45, 7) is 5.28. The summed E-state index contributed by atoms with van der Waals surface area (Å²) in [5.41, 5.74) is 2.43. The first kappa shape index (κ1) is 31.6. The highest BCUT2D eigenvalue weighted by atomic mass is 35.5. The molecule has 0 spiro atoms. The number of hydrogen-bond donors (Lipinski definition) is 1. The maximum absolute atomic E-state index is 13.9. The monoisotopic (exact) mass is 603 g/mol. The van der Waals surface area contributed by atoms with Gasteiger partial charge in [0.15, 0.2) is 0 Å². The molecule has 10 heteroatoms. The molecule has 0 unspecified atom stereocenters. The molecule has 2 amide bonds. The van der Waals surface area contributed by atoms with E-state index in [2.05, 4.69) is 5.32 Å².